The van der Waals surface area contributed by atoms with E-state index in [4.69, 9.17) is 32.3 Å². The van der Waals surface area contributed by atoms with Crippen LogP contribution in [-0.4, -0.2) is 95.9 Å². The van der Waals surface area contributed by atoms with E-state index in [1.165, 1.54) is 77.0 Å². The minimum absolute atomic E-state index is 0.0779. The molecule has 0 amide bonds. The lowest BCUT2D eigenvalue weighted by Crippen LogP contribution is -2.30. The Morgan fingerprint density at radius 1 is 0.248 bits per heavy atom. The van der Waals surface area contributed by atoms with Gasteiger partial charge in [-0.25, -0.2) is 9.13 Å². The van der Waals surface area contributed by atoms with Crippen LogP contribution < -0.4 is 0 Å². The molecule has 0 aromatic carbocycles. The van der Waals surface area contributed by atoms with Crippen molar-refractivity contribution in [1.82, 2.24) is 0 Å². The first-order valence-corrected chi connectivity index (χ1v) is 46.7. The highest BCUT2D eigenvalue weighted by atomic mass is 31.2. The second-order valence-electron chi connectivity index (χ2n) is 28.5. The van der Waals surface area contributed by atoms with E-state index in [9.17, 15) is 43.5 Å². The summed E-state index contributed by atoms with van der Waals surface area (Å²) in [6, 6.07) is 0. The molecular weight excluding hydrogens is 1460 g/mol. The number of unbranched alkanes of at least 4 members (excludes halogenated alkanes) is 26. The van der Waals surface area contributed by atoms with Crippen molar-refractivity contribution < 1.29 is 75.8 Å². The monoisotopic (exact) mass is 1620 g/mol. The maximum atomic E-state index is 13.0. The van der Waals surface area contributed by atoms with Crippen LogP contribution in [0.1, 0.15) is 329 Å². The van der Waals surface area contributed by atoms with Crippen molar-refractivity contribution in [2.24, 2.45) is 0 Å². The maximum Gasteiger partial charge on any atom is 0.472 e. The molecule has 0 aromatic heterocycles. The lowest BCUT2D eigenvalue weighted by molar-refractivity contribution is -0.161. The molecule has 0 aliphatic heterocycles. The van der Waals surface area contributed by atoms with E-state index in [0.717, 1.165) is 193 Å². The number of ether oxygens (including phenoxy) is 3. The fourth-order valence-electron chi connectivity index (χ4n) is 11.3. The molecule has 113 heavy (non-hydrogen) atoms. The van der Waals surface area contributed by atoms with Crippen LogP contribution in [0.15, 0.2) is 194 Å². The Kier molecular flexibility index (Phi) is 81.5. The number of rotatable bonds is 81. The SMILES string of the molecule is CC/C=C\C/C=C\C/C=C\C/C=C\C/C=C\C/C=C\CCCCCCC(=O)OCC(COP(=O)(O)OCC(O)COP(=O)(O)OCC(O)COC(=O)CCCCCCCCCCCCCCCCC/C=C\C/C=C\C/C=C\C/C=C\C/C=C\CC)OC(=O)CCCCCCCCC/C=C\C/C=C\C/C=C\C/C=C\C/C=C\CC. The molecule has 0 aromatic rings. The molecular formula is C95H156O16P2. The van der Waals surface area contributed by atoms with Crippen LogP contribution in [0.3, 0.4) is 0 Å². The fourth-order valence-corrected chi connectivity index (χ4v) is 12.9. The Bertz CT molecular complexity index is 2830. The number of aliphatic hydroxyl groups is 2. The normalized spacial score (nSPS) is 14.8. The van der Waals surface area contributed by atoms with Crippen LogP contribution in [0.4, 0.5) is 0 Å². The zero-order valence-corrected chi connectivity index (χ0v) is 72.3. The molecule has 16 nitrogen and oxygen atoms in total. The maximum absolute atomic E-state index is 13.0. The lowest BCUT2D eigenvalue weighted by Gasteiger charge is -2.21. The standard InChI is InChI=1S/C95H156O16P2/c1-4-7-10-13-16-19-22-25-28-31-34-37-40-41-42-43-44-45-46-47-50-52-54-57-60-63-66-69-72-75-78-81-93(98)105-84-90(96)85-107-112(101,102)108-86-91(97)87-109-113(103,104)110-89-92(111-95(100)83-80-77-74-71-68-65-62-59-56-53-49-39-36-33-30-27-24-21-18-15-12-9-6-3)88-106-94(99)82-79-76-73-70-67-64-61-58-55-51-48-38-35-32-29-26-23-20-17-14-11-8-5-2/h7-12,16-21,25-30,34-39,41-42,51,53,55-56,61,64,90-92,96-97H,4-6,13-15,22-24,31-33,40,43-50,52,54,57-60,62-63,65-89H2,1-3H3,(H,101,102)(H,103,104)/b10-7-,11-8-,12-9-,19-16-,20-17-,21-18-,28-25-,29-26-,30-27-,37-34-,38-35-,39-36-,42-41-,55-51-,56-53-,64-61-. The summed E-state index contributed by atoms with van der Waals surface area (Å²) in [5.41, 5.74) is 0. The summed E-state index contributed by atoms with van der Waals surface area (Å²) in [4.78, 5) is 58.9. The summed E-state index contributed by atoms with van der Waals surface area (Å²) >= 11 is 0. The zero-order chi connectivity index (χ0) is 82.2. The van der Waals surface area contributed by atoms with E-state index in [-0.39, 0.29) is 19.3 Å². The molecule has 4 N–H and O–H groups in total. The number of hydrogen-bond acceptors (Lipinski definition) is 14. The fraction of sp³-hybridized carbons (Fsp3) is 0.632. The van der Waals surface area contributed by atoms with Crippen molar-refractivity contribution in [2.75, 3.05) is 39.6 Å². The largest absolute Gasteiger partial charge is 0.472 e. The first-order valence-electron chi connectivity index (χ1n) is 43.7. The number of esters is 3. The highest BCUT2D eigenvalue weighted by Gasteiger charge is 2.29. The van der Waals surface area contributed by atoms with Crippen LogP contribution >= 0.6 is 15.6 Å². The number of aliphatic hydroxyl groups excluding tert-OH is 2. The average Bonchev–Trinajstić information content (AvgIpc) is 0.902. The molecule has 0 saturated carbocycles. The Labute approximate surface area is 687 Å². The summed E-state index contributed by atoms with van der Waals surface area (Å²) in [6.07, 6.45) is 113. The summed E-state index contributed by atoms with van der Waals surface area (Å²) in [5.74, 6) is -1.62. The molecule has 0 radical (unpaired) electrons. The number of hydrogen-bond donors (Lipinski definition) is 4. The van der Waals surface area contributed by atoms with Gasteiger partial charge in [0.05, 0.1) is 26.4 Å². The molecule has 0 fully saturated rings. The van der Waals surface area contributed by atoms with E-state index < -0.39 is 91.5 Å². The molecule has 18 heteroatoms. The summed E-state index contributed by atoms with van der Waals surface area (Å²) in [5, 5.41) is 20.7. The number of carbonyl (C=O) groups is 3. The van der Waals surface area contributed by atoms with Gasteiger partial charge >= 0.3 is 33.6 Å². The molecule has 0 spiro atoms. The van der Waals surface area contributed by atoms with E-state index in [1.54, 1.807) is 0 Å². The summed E-state index contributed by atoms with van der Waals surface area (Å²) in [6.45, 7) is 2.31. The van der Waals surface area contributed by atoms with E-state index in [0.29, 0.717) is 19.3 Å². The number of phosphoric acid groups is 2. The quantitative estimate of drug-likeness (QED) is 0.0146. The van der Waals surface area contributed by atoms with Gasteiger partial charge in [0.2, 0.25) is 0 Å². The third-order valence-corrected chi connectivity index (χ3v) is 19.7. The van der Waals surface area contributed by atoms with Gasteiger partial charge < -0.3 is 34.2 Å². The Hall–Kier alpha value is -5.61. The smallest absolute Gasteiger partial charge is 0.463 e. The minimum Gasteiger partial charge on any atom is -0.463 e. The van der Waals surface area contributed by atoms with Gasteiger partial charge in [0.25, 0.3) is 0 Å². The predicted molar refractivity (Wildman–Crippen MR) is 472 cm³/mol. The van der Waals surface area contributed by atoms with Crippen molar-refractivity contribution in [3.63, 3.8) is 0 Å². The van der Waals surface area contributed by atoms with Crippen molar-refractivity contribution in [2.45, 2.75) is 347 Å². The second-order valence-corrected chi connectivity index (χ2v) is 31.5. The highest BCUT2D eigenvalue weighted by Crippen LogP contribution is 2.45. The van der Waals surface area contributed by atoms with Gasteiger partial charge in [0.15, 0.2) is 6.10 Å². The Balaban J connectivity index is 4.65. The minimum atomic E-state index is -4.96. The molecule has 5 atom stereocenters. The van der Waals surface area contributed by atoms with E-state index in [2.05, 4.69) is 215 Å². The summed E-state index contributed by atoms with van der Waals surface area (Å²) in [7, 11) is -9.83. The van der Waals surface area contributed by atoms with Gasteiger partial charge in [0.1, 0.15) is 25.4 Å². The van der Waals surface area contributed by atoms with Gasteiger partial charge in [-0.2, -0.15) is 0 Å². The van der Waals surface area contributed by atoms with E-state index in [1.807, 2.05) is 0 Å². The summed E-state index contributed by atoms with van der Waals surface area (Å²) < 4.78 is 61.4. The molecule has 0 saturated heterocycles. The molecule has 0 heterocycles. The molecule has 0 aliphatic carbocycles. The van der Waals surface area contributed by atoms with Crippen LogP contribution in [0.2, 0.25) is 0 Å². The number of phosphoric ester groups is 2. The third-order valence-electron chi connectivity index (χ3n) is 17.8. The Morgan fingerprint density at radius 2 is 0.442 bits per heavy atom. The van der Waals surface area contributed by atoms with Gasteiger partial charge in [-0.1, -0.05) is 344 Å². The van der Waals surface area contributed by atoms with Crippen LogP contribution in [0, 0.1) is 0 Å². The van der Waals surface area contributed by atoms with E-state index >= 15 is 0 Å². The van der Waals surface area contributed by atoms with Crippen molar-refractivity contribution >= 4 is 33.6 Å². The van der Waals surface area contributed by atoms with Crippen LogP contribution in [-0.2, 0) is 55.8 Å². The van der Waals surface area contributed by atoms with Gasteiger partial charge in [-0.3, -0.25) is 32.5 Å². The molecule has 5 unspecified atom stereocenters. The first kappa shape index (κ1) is 107. The van der Waals surface area contributed by atoms with Crippen molar-refractivity contribution in [3.05, 3.63) is 194 Å². The highest BCUT2D eigenvalue weighted by molar-refractivity contribution is 7.47. The molecule has 0 rings (SSSR count). The van der Waals surface area contributed by atoms with Gasteiger partial charge in [-0.15, -0.1) is 0 Å². The third kappa shape index (κ3) is 87.1. The predicted octanol–water partition coefficient (Wildman–Crippen LogP) is 26.7. The average molecular weight is 1620 g/mol. The van der Waals surface area contributed by atoms with Crippen molar-refractivity contribution in [1.29, 1.82) is 0 Å². The molecule has 642 valence electrons. The number of allylic oxidation sites excluding steroid dienone is 32. The number of carbonyl (C=O) groups excluding carboxylic acids is 3. The Morgan fingerprint density at radius 3 is 0.699 bits per heavy atom. The van der Waals surface area contributed by atoms with Crippen LogP contribution in [0.25, 0.3) is 0 Å². The second kappa shape index (κ2) is 85.8. The zero-order valence-electron chi connectivity index (χ0n) is 70.5. The lowest BCUT2D eigenvalue weighted by atomic mass is 10.0. The van der Waals surface area contributed by atoms with Crippen molar-refractivity contribution in [3.8, 4) is 0 Å². The van der Waals surface area contributed by atoms with Gasteiger partial charge in [0, 0.05) is 19.3 Å². The first-order chi connectivity index (χ1) is 55.2. The van der Waals surface area contributed by atoms with Gasteiger partial charge in [-0.05, 0) is 161 Å². The molecule has 0 bridgehead atoms. The molecule has 0 aliphatic rings. The topological polar surface area (TPSA) is 231 Å². The van der Waals surface area contributed by atoms with Crippen LogP contribution in [0.5, 0.6) is 0 Å².